The van der Waals surface area contributed by atoms with E-state index in [0.29, 0.717) is 24.2 Å². The Hall–Kier alpha value is -2.38. The molecule has 3 aromatic rings. The molecule has 1 aliphatic rings. The van der Waals surface area contributed by atoms with Gasteiger partial charge in [-0.2, -0.15) is 0 Å². The molecule has 4 rings (SSSR count). The number of nitrogens with zero attached hydrogens (tertiary/aromatic N) is 2. The van der Waals surface area contributed by atoms with E-state index >= 15 is 0 Å². The Bertz CT molecular complexity index is 1120. The number of thioether (sulfide) groups is 1. The van der Waals surface area contributed by atoms with Crippen molar-refractivity contribution in [3.63, 3.8) is 0 Å². The van der Waals surface area contributed by atoms with Gasteiger partial charge in [0, 0.05) is 13.1 Å². The first-order valence-electron chi connectivity index (χ1n) is 10.2. The van der Waals surface area contributed by atoms with Crippen molar-refractivity contribution in [1.29, 1.82) is 0 Å². The minimum Gasteiger partial charge on any atom is -0.355 e. The normalized spacial score (nSPS) is 14.6. The van der Waals surface area contributed by atoms with Gasteiger partial charge in [0.2, 0.25) is 5.91 Å². The van der Waals surface area contributed by atoms with Gasteiger partial charge in [0.25, 0.3) is 5.56 Å². The van der Waals surface area contributed by atoms with Crippen LogP contribution in [-0.2, 0) is 11.3 Å². The Morgan fingerprint density at radius 3 is 2.87 bits per heavy atom. The number of amides is 1. The van der Waals surface area contributed by atoms with Crippen molar-refractivity contribution in [2.75, 3.05) is 12.3 Å². The van der Waals surface area contributed by atoms with Gasteiger partial charge < -0.3 is 5.32 Å². The molecule has 0 aliphatic heterocycles. The van der Waals surface area contributed by atoms with Gasteiger partial charge in [0.15, 0.2) is 5.16 Å². The predicted molar refractivity (Wildman–Crippen MR) is 125 cm³/mol. The zero-order chi connectivity index (χ0) is 21.1. The van der Waals surface area contributed by atoms with Gasteiger partial charge >= 0.3 is 0 Å². The maximum atomic E-state index is 13.1. The predicted octanol–water partition coefficient (Wildman–Crippen LogP) is 4.53. The Balaban J connectivity index is 1.45. The minimum atomic E-state index is -0.0628. The number of benzene rings is 1. The third-order valence-electron chi connectivity index (χ3n) is 5.32. The molecule has 1 saturated carbocycles. The summed E-state index contributed by atoms with van der Waals surface area (Å²) in [5.41, 5.74) is 2.31. The number of hydrogen-bond donors (Lipinski definition) is 1. The molecule has 1 aliphatic carbocycles. The highest BCUT2D eigenvalue weighted by atomic mass is 32.2. The minimum absolute atomic E-state index is 0.0244. The van der Waals surface area contributed by atoms with Crippen molar-refractivity contribution in [2.45, 2.75) is 43.3 Å². The molecule has 30 heavy (non-hydrogen) atoms. The first kappa shape index (κ1) is 20.9. The maximum absolute atomic E-state index is 13.1. The summed E-state index contributed by atoms with van der Waals surface area (Å²) in [6.45, 7) is 6.83. The molecule has 2 heterocycles. The summed E-state index contributed by atoms with van der Waals surface area (Å²) in [5.74, 6) is 0.895. The number of carbonyl (C=O) groups is 1. The van der Waals surface area contributed by atoms with Gasteiger partial charge in [-0.05, 0) is 41.2 Å². The molecule has 0 radical (unpaired) electrons. The average Bonchev–Trinajstić information content (AvgIpc) is 3.52. The summed E-state index contributed by atoms with van der Waals surface area (Å²) in [5, 5.41) is 6.38. The molecular formula is C23H25N3O2S2. The average molecular weight is 440 g/mol. The maximum Gasteiger partial charge on any atom is 0.263 e. The molecule has 1 fully saturated rings. The van der Waals surface area contributed by atoms with Crippen molar-refractivity contribution in [3.8, 4) is 0 Å². The van der Waals surface area contributed by atoms with Crippen LogP contribution >= 0.6 is 23.1 Å². The Labute approximate surface area is 184 Å². The number of fused-ring (bicyclic) bond motifs is 1. The quantitative estimate of drug-likeness (QED) is 0.302. The molecule has 1 aromatic carbocycles. The number of carbonyl (C=O) groups excluding carboxylic acids is 1. The van der Waals surface area contributed by atoms with E-state index in [4.69, 9.17) is 4.98 Å². The van der Waals surface area contributed by atoms with Gasteiger partial charge in [0.05, 0.1) is 11.1 Å². The number of thiophene rings is 1. The van der Waals surface area contributed by atoms with E-state index in [2.05, 4.69) is 36.3 Å². The molecule has 1 amide bonds. The van der Waals surface area contributed by atoms with E-state index in [1.807, 2.05) is 18.2 Å². The van der Waals surface area contributed by atoms with E-state index in [-0.39, 0.29) is 23.1 Å². The fraction of sp³-hybridized carbons (Fsp3) is 0.348. The molecule has 5 nitrogen and oxygen atoms in total. The van der Waals surface area contributed by atoms with Crippen molar-refractivity contribution in [3.05, 3.63) is 69.8 Å². The summed E-state index contributed by atoms with van der Waals surface area (Å²) in [6.07, 6.45) is 3.99. The van der Waals surface area contributed by atoms with Crippen molar-refractivity contribution < 1.29 is 4.79 Å². The standard InChI is InChI=1S/C23H25N3O2S2/c1-3-11-26-22(28)20-18(17-9-10-17)13-29-21(20)25-23(26)30-14-19(27)24-12-15(2)16-7-5-4-6-8-16/h3-8,13,15,17H,1,9-12,14H2,2H3,(H,24,27)/t15-/m1/s1. The second kappa shape index (κ2) is 9.18. The summed E-state index contributed by atoms with van der Waals surface area (Å²) in [4.78, 5) is 31.0. The molecule has 0 spiro atoms. The largest absolute Gasteiger partial charge is 0.355 e. The highest BCUT2D eigenvalue weighted by Crippen LogP contribution is 2.44. The van der Waals surface area contributed by atoms with Crippen LogP contribution in [-0.4, -0.2) is 27.8 Å². The number of rotatable bonds is 9. The van der Waals surface area contributed by atoms with Crippen LogP contribution in [0, 0.1) is 0 Å². The summed E-state index contributed by atoms with van der Waals surface area (Å²) < 4.78 is 1.64. The van der Waals surface area contributed by atoms with Crippen LogP contribution in [0.15, 0.2) is 58.3 Å². The highest BCUT2D eigenvalue weighted by Gasteiger charge is 2.28. The van der Waals surface area contributed by atoms with Crippen LogP contribution in [0.2, 0.25) is 0 Å². The topological polar surface area (TPSA) is 64.0 Å². The summed E-state index contributed by atoms with van der Waals surface area (Å²) in [6, 6.07) is 10.1. The number of aromatic nitrogens is 2. The second-order valence-corrected chi connectivity index (χ2v) is 9.45. The fourth-order valence-electron chi connectivity index (χ4n) is 3.47. The zero-order valence-electron chi connectivity index (χ0n) is 17.0. The van der Waals surface area contributed by atoms with Crippen LogP contribution in [0.1, 0.15) is 42.7 Å². The molecule has 0 unspecified atom stereocenters. The molecule has 156 valence electrons. The van der Waals surface area contributed by atoms with Crippen molar-refractivity contribution in [1.82, 2.24) is 14.9 Å². The zero-order valence-corrected chi connectivity index (χ0v) is 18.6. The lowest BCUT2D eigenvalue weighted by Gasteiger charge is -2.14. The third-order valence-corrected chi connectivity index (χ3v) is 7.19. The van der Waals surface area contributed by atoms with Gasteiger partial charge in [-0.3, -0.25) is 14.2 Å². The third kappa shape index (κ3) is 4.52. The number of hydrogen-bond acceptors (Lipinski definition) is 5. The molecule has 7 heteroatoms. The van der Waals surface area contributed by atoms with Crippen molar-refractivity contribution in [2.24, 2.45) is 0 Å². The van der Waals surface area contributed by atoms with Crippen LogP contribution < -0.4 is 10.9 Å². The highest BCUT2D eigenvalue weighted by molar-refractivity contribution is 7.99. The monoisotopic (exact) mass is 439 g/mol. The van der Waals surface area contributed by atoms with E-state index in [1.54, 1.807) is 10.6 Å². The van der Waals surface area contributed by atoms with Crippen molar-refractivity contribution >= 4 is 39.2 Å². The number of allylic oxidation sites excluding steroid dienone is 1. The lowest BCUT2D eigenvalue weighted by molar-refractivity contribution is -0.118. The Morgan fingerprint density at radius 1 is 1.40 bits per heavy atom. The second-order valence-electron chi connectivity index (χ2n) is 7.65. The van der Waals surface area contributed by atoms with Gasteiger partial charge in [-0.15, -0.1) is 17.9 Å². The van der Waals surface area contributed by atoms with E-state index < -0.39 is 0 Å². The molecule has 0 bridgehead atoms. The van der Waals surface area contributed by atoms with E-state index in [9.17, 15) is 9.59 Å². The van der Waals surface area contributed by atoms with Crippen LogP contribution in [0.25, 0.3) is 10.2 Å². The lowest BCUT2D eigenvalue weighted by atomic mass is 10.0. The molecule has 1 N–H and O–H groups in total. The SMILES string of the molecule is C=CCn1c(SCC(=O)NC[C@@H](C)c2ccccc2)nc2scc(C3CC3)c2c1=O. The number of nitrogens with one attached hydrogen (secondary N) is 1. The summed E-state index contributed by atoms with van der Waals surface area (Å²) in [7, 11) is 0. The first-order chi connectivity index (χ1) is 14.6. The molecular weight excluding hydrogens is 414 g/mol. The first-order valence-corrected chi connectivity index (χ1v) is 12.0. The Morgan fingerprint density at radius 2 is 2.17 bits per heavy atom. The van der Waals surface area contributed by atoms with Crippen LogP contribution in [0.3, 0.4) is 0 Å². The van der Waals surface area contributed by atoms with Crippen LogP contribution in [0.4, 0.5) is 0 Å². The van der Waals surface area contributed by atoms with Gasteiger partial charge in [-0.25, -0.2) is 4.98 Å². The van der Waals surface area contributed by atoms with E-state index in [0.717, 1.165) is 28.6 Å². The van der Waals surface area contributed by atoms with Crippen LogP contribution in [0.5, 0.6) is 0 Å². The van der Waals surface area contributed by atoms with Gasteiger partial charge in [-0.1, -0.05) is 55.1 Å². The lowest BCUT2D eigenvalue weighted by Crippen LogP contribution is -2.29. The molecule has 0 saturated heterocycles. The summed E-state index contributed by atoms with van der Waals surface area (Å²) >= 11 is 2.82. The Kier molecular flexibility index (Phi) is 6.39. The fourth-order valence-corrected chi connectivity index (χ4v) is 5.37. The smallest absolute Gasteiger partial charge is 0.263 e. The molecule has 2 aromatic heterocycles. The van der Waals surface area contributed by atoms with E-state index in [1.165, 1.54) is 28.7 Å². The van der Waals surface area contributed by atoms with Gasteiger partial charge in [0.1, 0.15) is 4.83 Å². The molecule has 1 atom stereocenters.